The van der Waals surface area contributed by atoms with E-state index in [-0.39, 0.29) is 0 Å². The average Bonchev–Trinajstić information content (AvgIpc) is 2.26. The normalized spacial score (nSPS) is 33.1. The summed E-state index contributed by atoms with van der Waals surface area (Å²) < 4.78 is 0. The quantitative estimate of drug-likeness (QED) is 0.717. The molecule has 1 saturated carbocycles. The summed E-state index contributed by atoms with van der Waals surface area (Å²) in [4.78, 5) is 7.58. The minimum Gasteiger partial charge on any atom is -0.355 e. The van der Waals surface area contributed by atoms with Crippen LogP contribution < -0.4 is 0 Å². The predicted octanol–water partition coefficient (Wildman–Crippen LogP) is 4.49. The van der Waals surface area contributed by atoms with Crippen molar-refractivity contribution in [1.29, 1.82) is 0 Å². The molecule has 2 heteroatoms. The smallest absolute Gasteiger partial charge is 0.0997 e. The molecule has 0 aromatic carbocycles. The Hall–Kier alpha value is -0.530. The maximum absolute atomic E-state index is 4.92. The second-order valence-corrected chi connectivity index (χ2v) is 7.73. The van der Waals surface area contributed by atoms with E-state index in [2.05, 4.69) is 46.4 Å². The third-order valence-electron chi connectivity index (χ3n) is 5.09. The fourth-order valence-electron chi connectivity index (χ4n) is 4.31. The molecular weight excluding hydrogens is 232 g/mol. The molecule has 0 aromatic heterocycles. The van der Waals surface area contributed by atoms with Crippen molar-refractivity contribution >= 4 is 5.84 Å². The number of hydrogen-bond donors (Lipinski definition) is 0. The Morgan fingerprint density at radius 3 is 2.42 bits per heavy atom. The van der Waals surface area contributed by atoms with Crippen molar-refractivity contribution in [2.24, 2.45) is 16.3 Å². The van der Waals surface area contributed by atoms with Gasteiger partial charge >= 0.3 is 0 Å². The van der Waals surface area contributed by atoms with E-state index in [1.54, 1.807) is 0 Å². The van der Waals surface area contributed by atoms with Gasteiger partial charge in [0, 0.05) is 24.5 Å². The summed E-state index contributed by atoms with van der Waals surface area (Å²) in [6, 6.07) is 1.73. The Kier molecular flexibility index (Phi) is 4.27. The molecule has 2 fully saturated rings. The van der Waals surface area contributed by atoms with E-state index in [0.717, 1.165) is 12.0 Å². The number of aliphatic imine (C=N–C) groups is 1. The molecule has 110 valence electrons. The van der Waals surface area contributed by atoms with Gasteiger partial charge in [-0.3, -0.25) is 4.99 Å². The standard InChI is InChI=1S/C17H32N2/c1-12(2)18-16-10-9-14-15(19(16)13(3)4)8-7-11-17(14,5)6/h12-15H,7-11H2,1-6H3/b18-16+. The molecule has 2 rings (SSSR count). The third kappa shape index (κ3) is 2.98. The maximum Gasteiger partial charge on any atom is 0.0997 e. The molecule has 2 atom stereocenters. The van der Waals surface area contributed by atoms with Crippen LogP contribution in [0.3, 0.4) is 0 Å². The number of likely N-dealkylation sites (tertiary alicyclic amines) is 1. The first-order chi connectivity index (χ1) is 8.83. The minimum atomic E-state index is 0.421. The van der Waals surface area contributed by atoms with Crippen molar-refractivity contribution in [2.75, 3.05) is 0 Å². The van der Waals surface area contributed by atoms with Crippen LogP contribution in [0.25, 0.3) is 0 Å². The van der Waals surface area contributed by atoms with Gasteiger partial charge in [0.2, 0.25) is 0 Å². The molecule has 0 amide bonds. The monoisotopic (exact) mass is 264 g/mol. The number of amidine groups is 1. The minimum absolute atomic E-state index is 0.421. The summed E-state index contributed by atoms with van der Waals surface area (Å²) in [5.41, 5.74) is 0.513. The van der Waals surface area contributed by atoms with E-state index >= 15 is 0 Å². The summed E-state index contributed by atoms with van der Waals surface area (Å²) in [6.45, 7) is 14.0. The van der Waals surface area contributed by atoms with Crippen LogP contribution in [0, 0.1) is 11.3 Å². The fraction of sp³-hybridized carbons (Fsp3) is 0.941. The van der Waals surface area contributed by atoms with Crippen LogP contribution in [-0.4, -0.2) is 28.9 Å². The predicted molar refractivity (Wildman–Crippen MR) is 83.7 cm³/mol. The van der Waals surface area contributed by atoms with Gasteiger partial charge in [-0.05, 0) is 58.3 Å². The van der Waals surface area contributed by atoms with Crippen LogP contribution in [0.4, 0.5) is 0 Å². The van der Waals surface area contributed by atoms with Gasteiger partial charge in [-0.15, -0.1) is 0 Å². The van der Waals surface area contributed by atoms with Gasteiger partial charge in [0.1, 0.15) is 0 Å². The van der Waals surface area contributed by atoms with Crippen molar-refractivity contribution < 1.29 is 0 Å². The molecule has 2 unspecified atom stereocenters. The van der Waals surface area contributed by atoms with Crippen LogP contribution in [0.5, 0.6) is 0 Å². The highest BCUT2D eigenvalue weighted by atomic mass is 15.3. The molecule has 2 nitrogen and oxygen atoms in total. The van der Waals surface area contributed by atoms with Gasteiger partial charge in [0.05, 0.1) is 5.84 Å². The Morgan fingerprint density at radius 2 is 1.84 bits per heavy atom. The molecular formula is C17H32N2. The van der Waals surface area contributed by atoms with Crippen molar-refractivity contribution in [3.05, 3.63) is 0 Å². The number of fused-ring (bicyclic) bond motifs is 1. The second-order valence-electron chi connectivity index (χ2n) is 7.73. The Bertz CT molecular complexity index is 341. The summed E-state index contributed by atoms with van der Waals surface area (Å²) in [5, 5.41) is 0. The summed E-state index contributed by atoms with van der Waals surface area (Å²) in [5.74, 6) is 2.23. The van der Waals surface area contributed by atoms with Crippen molar-refractivity contribution in [3.8, 4) is 0 Å². The highest BCUT2D eigenvalue weighted by molar-refractivity contribution is 5.84. The summed E-state index contributed by atoms with van der Waals surface area (Å²) >= 11 is 0. The van der Waals surface area contributed by atoms with Gasteiger partial charge in [0.25, 0.3) is 0 Å². The topological polar surface area (TPSA) is 15.6 Å². The van der Waals surface area contributed by atoms with Crippen molar-refractivity contribution in [1.82, 2.24) is 4.90 Å². The highest BCUT2D eigenvalue weighted by Crippen LogP contribution is 2.47. The third-order valence-corrected chi connectivity index (χ3v) is 5.09. The zero-order valence-electron chi connectivity index (χ0n) is 13.7. The van der Waals surface area contributed by atoms with E-state index in [4.69, 9.17) is 4.99 Å². The number of rotatable bonds is 2. The zero-order chi connectivity index (χ0) is 14.2. The van der Waals surface area contributed by atoms with Gasteiger partial charge in [-0.2, -0.15) is 0 Å². The largest absolute Gasteiger partial charge is 0.355 e. The van der Waals surface area contributed by atoms with E-state index in [1.807, 2.05) is 0 Å². The molecule has 0 radical (unpaired) electrons. The fourth-order valence-corrected chi connectivity index (χ4v) is 4.31. The molecule has 19 heavy (non-hydrogen) atoms. The van der Waals surface area contributed by atoms with Gasteiger partial charge < -0.3 is 4.90 Å². The first kappa shape index (κ1) is 14.9. The number of piperidine rings is 1. The van der Waals surface area contributed by atoms with Gasteiger partial charge in [-0.1, -0.05) is 20.3 Å². The average molecular weight is 264 g/mol. The lowest BCUT2D eigenvalue weighted by molar-refractivity contribution is 0.0223. The number of hydrogen-bond acceptors (Lipinski definition) is 1. The Balaban J connectivity index is 2.28. The van der Waals surface area contributed by atoms with Crippen LogP contribution in [0.1, 0.15) is 73.6 Å². The summed E-state index contributed by atoms with van der Waals surface area (Å²) in [7, 11) is 0. The molecule has 1 heterocycles. The molecule has 2 aliphatic rings. The van der Waals surface area contributed by atoms with E-state index in [9.17, 15) is 0 Å². The maximum atomic E-state index is 4.92. The summed E-state index contributed by atoms with van der Waals surface area (Å²) in [6.07, 6.45) is 6.67. The first-order valence-corrected chi connectivity index (χ1v) is 8.18. The first-order valence-electron chi connectivity index (χ1n) is 8.18. The molecule has 1 aliphatic carbocycles. The lowest BCUT2D eigenvalue weighted by Crippen LogP contribution is -2.57. The van der Waals surface area contributed by atoms with E-state index in [1.165, 1.54) is 37.9 Å². The second kappa shape index (κ2) is 5.46. The van der Waals surface area contributed by atoms with Crippen molar-refractivity contribution in [3.63, 3.8) is 0 Å². The Morgan fingerprint density at radius 1 is 1.16 bits per heavy atom. The van der Waals surface area contributed by atoms with E-state index < -0.39 is 0 Å². The van der Waals surface area contributed by atoms with Crippen LogP contribution in [0.15, 0.2) is 4.99 Å². The lowest BCUT2D eigenvalue weighted by Gasteiger charge is -2.54. The van der Waals surface area contributed by atoms with Crippen molar-refractivity contribution in [2.45, 2.75) is 91.8 Å². The molecule has 0 bridgehead atoms. The molecule has 1 aliphatic heterocycles. The highest BCUT2D eigenvalue weighted by Gasteiger charge is 2.45. The van der Waals surface area contributed by atoms with Gasteiger partial charge in [-0.25, -0.2) is 0 Å². The number of nitrogens with zero attached hydrogens (tertiary/aromatic N) is 2. The SMILES string of the molecule is CC(C)/N=C1\CCC2C(CCCC2(C)C)N1C(C)C. The van der Waals surface area contributed by atoms with Crippen LogP contribution in [0.2, 0.25) is 0 Å². The van der Waals surface area contributed by atoms with Crippen LogP contribution >= 0.6 is 0 Å². The van der Waals surface area contributed by atoms with Crippen LogP contribution in [-0.2, 0) is 0 Å². The lowest BCUT2D eigenvalue weighted by atomic mass is 9.63. The molecule has 0 aromatic rings. The van der Waals surface area contributed by atoms with Gasteiger partial charge in [0.15, 0.2) is 0 Å². The molecule has 1 saturated heterocycles. The zero-order valence-corrected chi connectivity index (χ0v) is 13.7. The Labute approximate surface area is 119 Å². The van der Waals surface area contributed by atoms with E-state index in [0.29, 0.717) is 17.5 Å². The molecule has 0 spiro atoms. The molecule has 0 N–H and O–H groups in total.